The number of amides is 1. The van der Waals surface area contributed by atoms with Crippen LogP contribution in [-0.2, 0) is 20.9 Å². The fourth-order valence-electron chi connectivity index (χ4n) is 2.90. The van der Waals surface area contributed by atoms with E-state index in [4.69, 9.17) is 19.7 Å². The third-order valence-electron chi connectivity index (χ3n) is 4.23. The molecule has 2 atom stereocenters. The Morgan fingerprint density at radius 1 is 1.09 bits per heavy atom. The number of aliphatic carboxylic acids is 2. The molecule has 1 fully saturated rings. The van der Waals surface area contributed by atoms with Gasteiger partial charge in [0.05, 0.1) is 11.7 Å². The Morgan fingerprint density at radius 2 is 1.56 bits per heavy atom. The first kappa shape index (κ1) is 26.8. The first-order valence-corrected chi connectivity index (χ1v) is 9.86. The molecule has 1 amide bonds. The Bertz CT molecular complexity index is 796. The summed E-state index contributed by atoms with van der Waals surface area (Å²) >= 11 is 0. The Labute approximate surface area is 184 Å². The quantitative estimate of drug-likeness (QED) is 0.556. The fourth-order valence-corrected chi connectivity index (χ4v) is 2.90. The highest BCUT2D eigenvalue weighted by atomic mass is 19.1. The molecule has 0 unspecified atom stereocenters. The summed E-state index contributed by atoms with van der Waals surface area (Å²) in [6, 6.07) is 2.11. The van der Waals surface area contributed by atoms with Crippen LogP contribution in [0.2, 0.25) is 0 Å². The van der Waals surface area contributed by atoms with Crippen LogP contribution < -0.4 is 10.1 Å². The lowest BCUT2D eigenvalue weighted by atomic mass is 10.1. The first-order chi connectivity index (χ1) is 14.9. The highest BCUT2D eigenvalue weighted by Crippen LogP contribution is 2.23. The lowest BCUT2D eigenvalue weighted by Crippen LogP contribution is -2.57. The van der Waals surface area contributed by atoms with Crippen molar-refractivity contribution in [3.8, 4) is 5.75 Å². The molecule has 9 nitrogen and oxygen atoms in total. The fraction of sp³-hybridized carbons (Fsp3) is 0.476. The van der Waals surface area contributed by atoms with Gasteiger partial charge in [0.25, 0.3) is 0 Å². The van der Waals surface area contributed by atoms with Crippen molar-refractivity contribution < 1.29 is 42.9 Å². The van der Waals surface area contributed by atoms with Gasteiger partial charge in [0, 0.05) is 49.5 Å². The summed E-state index contributed by atoms with van der Waals surface area (Å²) in [6.07, 6.45) is 0.353. The van der Waals surface area contributed by atoms with Crippen LogP contribution in [0.1, 0.15) is 33.3 Å². The molecule has 2 rings (SSSR count). The van der Waals surface area contributed by atoms with Crippen molar-refractivity contribution in [1.82, 2.24) is 10.2 Å². The zero-order valence-corrected chi connectivity index (χ0v) is 18.3. The Kier molecular flexibility index (Phi) is 10.6. The second kappa shape index (κ2) is 12.6. The van der Waals surface area contributed by atoms with E-state index in [1.807, 2.05) is 13.8 Å². The number of nitrogens with one attached hydrogen (secondary N) is 1. The molecule has 1 aliphatic rings. The lowest BCUT2D eigenvalue weighted by Gasteiger charge is -2.38. The summed E-state index contributed by atoms with van der Waals surface area (Å²) in [4.78, 5) is 32.9. The van der Waals surface area contributed by atoms with Gasteiger partial charge >= 0.3 is 18.0 Å². The van der Waals surface area contributed by atoms with Crippen molar-refractivity contribution in [1.29, 1.82) is 0 Å². The SMILES string of the molecule is CC(C)Oc1cc(F)c(COC(=O)N2[C@H](C)CNC[C@@H]2C)c(F)c1.O=C(O)/C=C/C(=O)O. The summed E-state index contributed by atoms with van der Waals surface area (Å²) in [6.45, 7) is 8.17. The van der Waals surface area contributed by atoms with Crippen molar-refractivity contribution in [2.45, 2.75) is 52.5 Å². The summed E-state index contributed by atoms with van der Waals surface area (Å²) < 4.78 is 38.6. The number of carboxylic acid groups (broad SMARTS) is 2. The van der Waals surface area contributed by atoms with E-state index < -0.39 is 36.3 Å². The van der Waals surface area contributed by atoms with E-state index in [9.17, 15) is 23.2 Å². The van der Waals surface area contributed by atoms with E-state index in [1.165, 1.54) is 0 Å². The molecule has 3 N–H and O–H groups in total. The topological polar surface area (TPSA) is 125 Å². The minimum atomic E-state index is -1.26. The van der Waals surface area contributed by atoms with Crippen molar-refractivity contribution in [2.24, 2.45) is 0 Å². The molecule has 0 spiro atoms. The summed E-state index contributed by atoms with van der Waals surface area (Å²) in [7, 11) is 0. The average Bonchev–Trinajstić information content (AvgIpc) is 2.65. The van der Waals surface area contributed by atoms with Crippen LogP contribution in [-0.4, -0.2) is 64.4 Å². The summed E-state index contributed by atoms with van der Waals surface area (Å²) in [5.74, 6) is -3.99. The molecular formula is C21H28F2N2O7. The van der Waals surface area contributed by atoms with Gasteiger partial charge in [0.2, 0.25) is 0 Å². The molecule has 178 valence electrons. The number of carbonyl (C=O) groups excluding carboxylic acids is 1. The van der Waals surface area contributed by atoms with Crippen LogP contribution in [0.15, 0.2) is 24.3 Å². The Morgan fingerprint density at radius 3 is 1.97 bits per heavy atom. The van der Waals surface area contributed by atoms with E-state index in [2.05, 4.69) is 5.32 Å². The summed E-state index contributed by atoms with van der Waals surface area (Å²) in [5, 5.41) is 18.8. The van der Waals surface area contributed by atoms with Crippen LogP contribution in [0.4, 0.5) is 13.6 Å². The number of nitrogens with zero attached hydrogens (tertiary/aromatic N) is 1. The predicted octanol–water partition coefficient (Wildman–Crippen LogP) is 2.78. The molecule has 0 radical (unpaired) electrons. The number of hydrogen-bond donors (Lipinski definition) is 3. The number of halogens is 2. The van der Waals surface area contributed by atoms with Crippen LogP contribution in [0.25, 0.3) is 0 Å². The largest absolute Gasteiger partial charge is 0.491 e. The van der Waals surface area contributed by atoms with Gasteiger partial charge in [0.15, 0.2) is 0 Å². The Hall–Kier alpha value is -3.21. The molecule has 0 aliphatic carbocycles. The zero-order chi connectivity index (χ0) is 24.4. The zero-order valence-electron chi connectivity index (χ0n) is 18.3. The maximum atomic E-state index is 14.1. The van der Waals surface area contributed by atoms with E-state index >= 15 is 0 Å². The van der Waals surface area contributed by atoms with Crippen LogP contribution >= 0.6 is 0 Å². The summed E-state index contributed by atoms with van der Waals surface area (Å²) in [5.41, 5.74) is -0.283. The number of carbonyl (C=O) groups is 3. The van der Waals surface area contributed by atoms with Crippen molar-refractivity contribution in [3.05, 3.63) is 41.5 Å². The smallest absolute Gasteiger partial charge is 0.410 e. The van der Waals surface area contributed by atoms with E-state index in [1.54, 1.807) is 18.7 Å². The predicted molar refractivity (Wildman–Crippen MR) is 110 cm³/mol. The van der Waals surface area contributed by atoms with Gasteiger partial charge in [-0.15, -0.1) is 0 Å². The van der Waals surface area contributed by atoms with Gasteiger partial charge in [-0.05, 0) is 27.7 Å². The van der Waals surface area contributed by atoms with Crippen molar-refractivity contribution >= 4 is 18.0 Å². The Balaban J connectivity index is 0.000000547. The molecule has 0 saturated carbocycles. The van der Waals surface area contributed by atoms with Gasteiger partial charge in [-0.25, -0.2) is 23.2 Å². The molecule has 1 aromatic carbocycles. The van der Waals surface area contributed by atoms with Gasteiger partial charge in [-0.2, -0.15) is 0 Å². The van der Waals surface area contributed by atoms with Gasteiger partial charge in [-0.1, -0.05) is 0 Å². The molecule has 32 heavy (non-hydrogen) atoms. The molecule has 11 heteroatoms. The normalized spacial score (nSPS) is 18.2. The molecule has 1 heterocycles. The molecular weight excluding hydrogens is 430 g/mol. The standard InChI is InChI=1S/C17H24F2N2O3.C4H4O4/c1-10(2)24-13-5-15(18)14(16(19)6-13)9-23-17(22)21-11(3)7-20-8-12(21)4;5-3(6)1-2-4(7)8/h5-6,10-12,20H,7-9H2,1-4H3;1-2H,(H,5,6)(H,7,8)/b;2-1+/t11-,12+;. The number of rotatable bonds is 6. The van der Waals surface area contributed by atoms with Gasteiger partial charge in [-0.3, -0.25) is 0 Å². The lowest BCUT2D eigenvalue weighted by molar-refractivity contribution is -0.134. The number of ether oxygens (including phenoxy) is 2. The van der Waals surface area contributed by atoms with Crippen molar-refractivity contribution in [3.63, 3.8) is 0 Å². The van der Waals surface area contributed by atoms with Crippen LogP contribution in [0.5, 0.6) is 5.75 Å². The molecule has 1 saturated heterocycles. The van der Waals surface area contributed by atoms with E-state index in [0.29, 0.717) is 25.2 Å². The highest BCUT2D eigenvalue weighted by molar-refractivity contribution is 5.89. The maximum Gasteiger partial charge on any atom is 0.410 e. The second-order valence-electron chi connectivity index (χ2n) is 7.36. The van der Waals surface area contributed by atoms with E-state index in [-0.39, 0.29) is 29.5 Å². The maximum absolute atomic E-state index is 14.1. The van der Waals surface area contributed by atoms with Crippen LogP contribution in [0, 0.1) is 11.6 Å². The average molecular weight is 458 g/mol. The molecule has 1 aliphatic heterocycles. The monoisotopic (exact) mass is 458 g/mol. The third-order valence-corrected chi connectivity index (χ3v) is 4.23. The second-order valence-corrected chi connectivity index (χ2v) is 7.36. The number of carboxylic acids is 2. The van der Waals surface area contributed by atoms with E-state index in [0.717, 1.165) is 12.1 Å². The van der Waals surface area contributed by atoms with Gasteiger partial charge in [0.1, 0.15) is 24.0 Å². The molecule has 1 aromatic rings. The number of benzene rings is 1. The minimum Gasteiger partial charge on any atom is -0.491 e. The van der Waals surface area contributed by atoms with Crippen LogP contribution in [0.3, 0.4) is 0 Å². The molecule has 0 bridgehead atoms. The minimum absolute atomic E-state index is 0.0437. The number of hydrogen-bond acceptors (Lipinski definition) is 6. The van der Waals surface area contributed by atoms with Crippen molar-refractivity contribution in [2.75, 3.05) is 13.1 Å². The third kappa shape index (κ3) is 8.88. The van der Waals surface area contributed by atoms with Gasteiger partial charge < -0.3 is 29.9 Å². The molecule has 0 aromatic heterocycles. The highest BCUT2D eigenvalue weighted by Gasteiger charge is 2.30. The first-order valence-electron chi connectivity index (χ1n) is 9.86. The number of piperazine rings is 1.